The van der Waals surface area contributed by atoms with Crippen molar-refractivity contribution in [3.63, 3.8) is 0 Å². The lowest BCUT2D eigenvalue weighted by molar-refractivity contribution is -0.0885. The van der Waals surface area contributed by atoms with E-state index in [-0.39, 0.29) is 0 Å². The van der Waals surface area contributed by atoms with Crippen molar-refractivity contribution in [2.45, 2.75) is 83.7 Å². The second-order valence-electron chi connectivity index (χ2n) is 8.17. The second-order valence-corrected chi connectivity index (χ2v) is 8.17. The van der Waals surface area contributed by atoms with Gasteiger partial charge >= 0.3 is 6.18 Å². The number of alkyl halides is 3. The van der Waals surface area contributed by atoms with Crippen LogP contribution in [0.2, 0.25) is 0 Å². The molecular weight excluding hydrogens is 413 g/mol. The van der Waals surface area contributed by atoms with E-state index >= 15 is 0 Å². The van der Waals surface area contributed by atoms with Crippen LogP contribution in [0.25, 0.3) is 0 Å². The van der Waals surface area contributed by atoms with Crippen LogP contribution in [-0.2, 0) is 6.42 Å². The number of hydrogen-bond donors (Lipinski definition) is 0. The number of carbonyl (C=O) groups excluding carboxylic acids is 1. The zero-order chi connectivity index (χ0) is 23.2. The first-order chi connectivity index (χ1) is 15.4. The molecule has 0 aliphatic carbocycles. The molecule has 0 saturated carbocycles. The molecule has 0 radical (unpaired) electrons. The summed E-state index contributed by atoms with van der Waals surface area (Å²) in [5.74, 6) is -1.86. The molecule has 0 atom stereocenters. The molecule has 6 heteroatoms. The number of Topliss-reactive ketones (excluding diaryl/α,β-unsaturated/α-hetero) is 1. The summed E-state index contributed by atoms with van der Waals surface area (Å²) in [4.78, 5) is 11.2. The van der Waals surface area contributed by atoms with E-state index < -0.39 is 17.5 Å². The molecule has 0 fully saturated rings. The number of ketones is 1. The van der Waals surface area contributed by atoms with E-state index in [4.69, 9.17) is 0 Å². The molecular formula is C26H33F3N2O. The molecule has 0 unspecified atom stereocenters. The van der Waals surface area contributed by atoms with Crippen molar-refractivity contribution in [2.24, 2.45) is 10.2 Å². The van der Waals surface area contributed by atoms with Gasteiger partial charge in [-0.1, -0.05) is 76.8 Å². The third-order valence-corrected chi connectivity index (χ3v) is 5.42. The van der Waals surface area contributed by atoms with Crippen LogP contribution in [-0.4, -0.2) is 12.0 Å². The molecule has 32 heavy (non-hydrogen) atoms. The maximum Gasteiger partial charge on any atom is 0.454 e. The summed E-state index contributed by atoms with van der Waals surface area (Å²) >= 11 is 0. The summed E-state index contributed by atoms with van der Waals surface area (Å²) in [6, 6.07) is 12.8. The topological polar surface area (TPSA) is 41.8 Å². The molecule has 3 nitrogen and oxygen atoms in total. The summed E-state index contributed by atoms with van der Waals surface area (Å²) in [5, 5.41) is 8.14. The van der Waals surface area contributed by atoms with Crippen LogP contribution >= 0.6 is 0 Å². The van der Waals surface area contributed by atoms with Gasteiger partial charge in [0.25, 0.3) is 5.78 Å². The van der Waals surface area contributed by atoms with Crippen LogP contribution in [0.4, 0.5) is 24.5 Å². The first-order valence-electron chi connectivity index (χ1n) is 11.6. The Balaban J connectivity index is 1.68. The Morgan fingerprint density at radius 3 is 1.59 bits per heavy atom. The van der Waals surface area contributed by atoms with Gasteiger partial charge in [-0.15, -0.1) is 0 Å². The van der Waals surface area contributed by atoms with Crippen molar-refractivity contribution in [3.05, 3.63) is 59.7 Å². The van der Waals surface area contributed by atoms with Crippen LogP contribution in [0.15, 0.2) is 58.8 Å². The van der Waals surface area contributed by atoms with Gasteiger partial charge < -0.3 is 0 Å². The third-order valence-electron chi connectivity index (χ3n) is 5.42. The first kappa shape index (κ1) is 25.8. The molecule has 0 heterocycles. The monoisotopic (exact) mass is 446 g/mol. The number of carbonyl (C=O) groups is 1. The average Bonchev–Trinajstić information content (AvgIpc) is 2.79. The molecule has 0 aromatic heterocycles. The Kier molecular flexibility index (Phi) is 11.1. The quantitative estimate of drug-likeness (QED) is 0.162. The van der Waals surface area contributed by atoms with E-state index in [0.29, 0.717) is 11.4 Å². The van der Waals surface area contributed by atoms with Crippen molar-refractivity contribution in [2.75, 3.05) is 0 Å². The minimum Gasteiger partial charge on any atom is -0.284 e. The SMILES string of the molecule is CCCCCCCCCCCCc1ccc(/N=N/c2ccc(C(=O)C(F)(F)F)cc2)cc1. The Morgan fingerprint density at radius 1 is 0.688 bits per heavy atom. The molecule has 0 amide bonds. The van der Waals surface area contributed by atoms with Crippen LogP contribution in [0.5, 0.6) is 0 Å². The normalized spacial score (nSPS) is 11.9. The number of hydrogen-bond acceptors (Lipinski definition) is 3. The molecule has 0 aliphatic heterocycles. The Morgan fingerprint density at radius 2 is 1.12 bits per heavy atom. The predicted octanol–water partition coefficient (Wildman–Crippen LogP) is 9.31. The zero-order valence-corrected chi connectivity index (χ0v) is 18.8. The van der Waals surface area contributed by atoms with Crippen molar-refractivity contribution in [3.8, 4) is 0 Å². The maximum atomic E-state index is 12.4. The summed E-state index contributed by atoms with van der Waals surface area (Å²) in [5.41, 5.74) is 1.91. The zero-order valence-electron chi connectivity index (χ0n) is 18.8. The van der Waals surface area contributed by atoms with Gasteiger partial charge in [0, 0.05) is 5.56 Å². The molecule has 0 N–H and O–H groups in total. The van der Waals surface area contributed by atoms with E-state index in [1.54, 1.807) is 0 Å². The summed E-state index contributed by atoms with van der Waals surface area (Å²) in [7, 11) is 0. The Bertz CT molecular complexity index is 828. The molecule has 174 valence electrons. The predicted molar refractivity (Wildman–Crippen MR) is 123 cm³/mol. The van der Waals surface area contributed by atoms with Gasteiger partial charge in [0.05, 0.1) is 11.4 Å². The lowest BCUT2D eigenvalue weighted by atomic mass is 10.0. The smallest absolute Gasteiger partial charge is 0.284 e. The van der Waals surface area contributed by atoms with Crippen molar-refractivity contribution < 1.29 is 18.0 Å². The highest BCUT2D eigenvalue weighted by Crippen LogP contribution is 2.24. The number of azo groups is 1. The van der Waals surface area contributed by atoms with Gasteiger partial charge in [-0.25, -0.2) is 0 Å². The Hall–Kier alpha value is -2.50. The minimum atomic E-state index is -4.88. The molecule has 0 saturated heterocycles. The van der Waals surface area contributed by atoms with Crippen LogP contribution in [0.1, 0.15) is 87.1 Å². The van der Waals surface area contributed by atoms with Gasteiger partial charge in [0.15, 0.2) is 0 Å². The molecule has 2 aromatic rings. The second kappa shape index (κ2) is 13.8. The number of halogens is 3. The van der Waals surface area contributed by atoms with Crippen molar-refractivity contribution >= 4 is 17.2 Å². The molecule has 2 rings (SSSR count). The molecule has 0 spiro atoms. The number of rotatable bonds is 14. The Labute approximate surface area is 189 Å². The summed E-state index contributed by atoms with van der Waals surface area (Å²) in [6.07, 6.45) is 9.36. The van der Waals surface area contributed by atoms with E-state index in [2.05, 4.69) is 17.2 Å². The number of benzene rings is 2. The van der Waals surface area contributed by atoms with Gasteiger partial charge in [0.2, 0.25) is 0 Å². The highest BCUT2D eigenvalue weighted by Gasteiger charge is 2.39. The number of nitrogens with zero attached hydrogens (tertiary/aromatic N) is 2. The number of unbranched alkanes of at least 4 members (excludes halogenated alkanes) is 9. The van der Waals surface area contributed by atoms with E-state index in [0.717, 1.165) is 18.6 Å². The number of aryl methyl sites for hydroxylation is 1. The summed E-state index contributed by atoms with van der Waals surface area (Å²) in [6.45, 7) is 2.25. The highest BCUT2D eigenvalue weighted by atomic mass is 19.4. The van der Waals surface area contributed by atoms with Crippen LogP contribution in [0, 0.1) is 0 Å². The highest BCUT2D eigenvalue weighted by molar-refractivity contribution is 6.00. The van der Waals surface area contributed by atoms with E-state index in [9.17, 15) is 18.0 Å². The fourth-order valence-electron chi connectivity index (χ4n) is 3.50. The van der Waals surface area contributed by atoms with Crippen LogP contribution in [0.3, 0.4) is 0 Å². The van der Waals surface area contributed by atoms with Crippen molar-refractivity contribution in [1.29, 1.82) is 0 Å². The van der Waals surface area contributed by atoms with Crippen LogP contribution < -0.4 is 0 Å². The van der Waals surface area contributed by atoms with Gasteiger partial charge in [-0.2, -0.15) is 23.4 Å². The van der Waals surface area contributed by atoms with Gasteiger partial charge in [-0.3, -0.25) is 4.79 Å². The average molecular weight is 447 g/mol. The molecule has 2 aromatic carbocycles. The summed E-state index contributed by atoms with van der Waals surface area (Å²) < 4.78 is 37.3. The lowest BCUT2D eigenvalue weighted by Crippen LogP contribution is -2.22. The fraction of sp³-hybridized carbons (Fsp3) is 0.500. The standard InChI is InChI=1S/C26H33F3N2O/c1-2-3-4-5-6-7-8-9-10-11-12-21-13-17-23(18-14-21)30-31-24-19-15-22(16-20-24)25(32)26(27,28)29/h13-20H,2-12H2,1H3/b31-30+. The first-order valence-corrected chi connectivity index (χ1v) is 11.6. The largest absolute Gasteiger partial charge is 0.454 e. The molecule has 0 bridgehead atoms. The van der Waals surface area contributed by atoms with Crippen molar-refractivity contribution in [1.82, 2.24) is 0 Å². The fourth-order valence-corrected chi connectivity index (χ4v) is 3.50. The minimum absolute atomic E-state index is 0.387. The molecule has 0 aliphatic rings. The third kappa shape index (κ3) is 9.75. The van der Waals surface area contributed by atoms with Gasteiger partial charge in [-0.05, 0) is 54.8 Å². The van der Waals surface area contributed by atoms with E-state index in [1.807, 2.05) is 24.3 Å². The van der Waals surface area contributed by atoms with E-state index in [1.165, 1.54) is 81.9 Å². The van der Waals surface area contributed by atoms with Gasteiger partial charge in [0.1, 0.15) is 0 Å². The lowest BCUT2D eigenvalue weighted by Gasteiger charge is -2.04. The maximum absolute atomic E-state index is 12.4.